The number of alkyl halides is 1. The van der Waals surface area contributed by atoms with Crippen LogP contribution >= 0.6 is 11.6 Å². The van der Waals surface area contributed by atoms with Gasteiger partial charge >= 0.3 is 0 Å². The highest BCUT2D eigenvalue weighted by Gasteiger charge is 1.94. The monoisotopic (exact) mass is 201 g/mol. The van der Waals surface area contributed by atoms with E-state index in [4.69, 9.17) is 11.6 Å². The summed E-state index contributed by atoms with van der Waals surface area (Å²) in [6.45, 7) is 4.51. The molecule has 0 bridgehead atoms. The van der Waals surface area contributed by atoms with E-state index < -0.39 is 0 Å². The maximum absolute atomic E-state index is 9.73. The van der Waals surface area contributed by atoms with Crippen molar-refractivity contribution >= 4 is 17.7 Å². The van der Waals surface area contributed by atoms with Crippen LogP contribution in [0.15, 0.2) is 17.1 Å². The maximum Gasteiger partial charge on any atom is 0.234 e. The highest BCUT2D eigenvalue weighted by Crippen LogP contribution is 2.11. The first kappa shape index (κ1) is 12.4. The number of nitrogens with zero attached hydrogens (tertiary/aromatic N) is 1. The average molecular weight is 202 g/mol. The minimum absolute atomic E-state index is 0.567. The van der Waals surface area contributed by atoms with Crippen molar-refractivity contribution in [1.29, 1.82) is 0 Å². The van der Waals surface area contributed by atoms with Gasteiger partial charge in [-0.3, -0.25) is 0 Å². The molecule has 0 aromatic rings. The Balaban J connectivity index is 3.24. The summed E-state index contributed by atoms with van der Waals surface area (Å²) < 4.78 is 0. The zero-order chi connectivity index (χ0) is 9.94. The van der Waals surface area contributed by atoms with Crippen LogP contribution in [0.4, 0.5) is 0 Å². The number of rotatable bonds is 8. The molecule has 0 rings (SSSR count). The minimum atomic E-state index is 0.567. The van der Waals surface area contributed by atoms with E-state index in [0.717, 1.165) is 38.0 Å². The highest BCUT2D eigenvalue weighted by atomic mass is 35.5. The smallest absolute Gasteiger partial charge is 0.211 e. The van der Waals surface area contributed by atoms with Crippen molar-refractivity contribution < 1.29 is 4.79 Å². The van der Waals surface area contributed by atoms with Gasteiger partial charge in [0.25, 0.3) is 0 Å². The van der Waals surface area contributed by atoms with E-state index in [9.17, 15) is 4.79 Å². The molecule has 0 aliphatic rings. The molecule has 0 aromatic carbocycles. The second-order valence-electron chi connectivity index (χ2n) is 2.97. The zero-order valence-corrected chi connectivity index (χ0v) is 8.65. The molecule has 0 fully saturated rings. The lowest BCUT2D eigenvalue weighted by molar-refractivity contribution is 0.562. The van der Waals surface area contributed by atoms with Crippen molar-refractivity contribution in [3.63, 3.8) is 0 Å². The first-order valence-corrected chi connectivity index (χ1v) is 5.11. The molecule has 0 spiro atoms. The minimum Gasteiger partial charge on any atom is -0.211 e. The Morgan fingerprint density at radius 2 is 2.00 bits per heavy atom. The Kier molecular flexibility index (Phi) is 9.07. The molecule has 3 heteroatoms. The Bertz CT molecular complexity index is 185. The molecule has 0 atom stereocenters. The fraction of sp³-hybridized carbons (Fsp3) is 0.700. The van der Waals surface area contributed by atoms with Gasteiger partial charge in [-0.1, -0.05) is 12.2 Å². The van der Waals surface area contributed by atoms with Crippen molar-refractivity contribution in [3.05, 3.63) is 12.2 Å². The molecule has 0 heterocycles. The van der Waals surface area contributed by atoms with Crippen LogP contribution in [-0.4, -0.2) is 18.5 Å². The second kappa shape index (κ2) is 9.50. The van der Waals surface area contributed by atoms with Gasteiger partial charge in [-0.15, -0.1) is 11.6 Å². The van der Waals surface area contributed by atoms with Gasteiger partial charge in [0.2, 0.25) is 6.08 Å². The van der Waals surface area contributed by atoms with Crippen molar-refractivity contribution in [1.82, 2.24) is 0 Å². The molecular formula is C10H16ClNO. The third-order valence-corrected chi connectivity index (χ3v) is 2.05. The van der Waals surface area contributed by atoms with Crippen molar-refractivity contribution in [2.24, 2.45) is 4.99 Å². The van der Waals surface area contributed by atoms with E-state index in [1.807, 2.05) is 0 Å². The summed E-state index contributed by atoms with van der Waals surface area (Å²) in [6.07, 6.45) is 6.57. The fourth-order valence-electron chi connectivity index (χ4n) is 1.05. The lowest BCUT2D eigenvalue weighted by Crippen LogP contribution is -1.87. The van der Waals surface area contributed by atoms with Gasteiger partial charge in [0, 0.05) is 5.88 Å². The second-order valence-corrected chi connectivity index (χ2v) is 3.35. The van der Waals surface area contributed by atoms with Gasteiger partial charge in [-0.25, -0.2) is 9.79 Å². The number of halogens is 1. The Morgan fingerprint density at radius 3 is 2.62 bits per heavy atom. The topological polar surface area (TPSA) is 29.4 Å². The highest BCUT2D eigenvalue weighted by molar-refractivity contribution is 6.17. The molecule has 0 aliphatic carbocycles. The predicted molar refractivity (Wildman–Crippen MR) is 55.9 cm³/mol. The van der Waals surface area contributed by atoms with Crippen molar-refractivity contribution in [3.8, 4) is 0 Å². The molecule has 13 heavy (non-hydrogen) atoms. The lowest BCUT2D eigenvalue weighted by Gasteiger charge is -2.02. The van der Waals surface area contributed by atoms with Crippen LogP contribution in [0.25, 0.3) is 0 Å². The first-order chi connectivity index (χ1) is 6.31. The van der Waals surface area contributed by atoms with Crippen LogP contribution in [0.5, 0.6) is 0 Å². The largest absolute Gasteiger partial charge is 0.234 e. The molecule has 0 radical (unpaired) electrons. The molecular weight excluding hydrogens is 186 g/mol. The van der Waals surface area contributed by atoms with E-state index in [2.05, 4.69) is 11.6 Å². The summed E-state index contributed by atoms with van der Waals surface area (Å²) in [6, 6.07) is 0. The van der Waals surface area contributed by atoms with E-state index >= 15 is 0 Å². The normalized spacial score (nSPS) is 9.31. The zero-order valence-electron chi connectivity index (χ0n) is 7.89. The Hall–Kier alpha value is -0.590. The number of isocyanates is 1. The van der Waals surface area contributed by atoms with E-state index in [-0.39, 0.29) is 0 Å². The molecule has 0 unspecified atom stereocenters. The van der Waals surface area contributed by atoms with E-state index in [1.54, 1.807) is 0 Å². The summed E-state index contributed by atoms with van der Waals surface area (Å²) in [4.78, 5) is 13.2. The number of hydrogen-bond donors (Lipinski definition) is 0. The third-order valence-electron chi connectivity index (χ3n) is 1.78. The Morgan fingerprint density at radius 1 is 1.31 bits per heavy atom. The summed E-state index contributed by atoms with van der Waals surface area (Å²) in [7, 11) is 0. The van der Waals surface area contributed by atoms with Crippen LogP contribution in [0.2, 0.25) is 0 Å². The van der Waals surface area contributed by atoms with E-state index in [1.165, 1.54) is 11.7 Å². The van der Waals surface area contributed by atoms with Gasteiger partial charge < -0.3 is 0 Å². The summed E-state index contributed by atoms with van der Waals surface area (Å²) in [5.74, 6) is 0.725. The third kappa shape index (κ3) is 9.32. The average Bonchev–Trinajstić information content (AvgIpc) is 2.13. The summed E-state index contributed by atoms with van der Waals surface area (Å²) >= 11 is 5.54. The standard InChI is InChI=1S/C10H16ClNO/c1-10(5-2-3-7-11)6-4-8-12-9-13/h1-8H2. The van der Waals surface area contributed by atoms with Gasteiger partial charge in [-0.2, -0.15) is 0 Å². The summed E-state index contributed by atoms with van der Waals surface area (Å²) in [5.41, 5.74) is 1.23. The molecule has 2 nitrogen and oxygen atoms in total. The van der Waals surface area contributed by atoms with Crippen LogP contribution in [0, 0.1) is 0 Å². The van der Waals surface area contributed by atoms with Gasteiger partial charge in [-0.05, 0) is 32.1 Å². The SMILES string of the molecule is C=C(CCCCCl)CCCN=C=O. The summed E-state index contributed by atoms with van der Waals surface area (Å²) in [5, 5.41) is 0. The van der Waals surface area contributed by atoms with Gasteiger partial charge in [0.1, 0.15) is 0 Å². The molecule has 0 saturated heterocycles. The lowest BCUT2D eigenvalue weighted by atomic mass is 10.1. The van der Waals surface area contributed by atoms with Crippen LogP contribution in [0.1, 0.15) is 32.1 Å². The van der Waals surface area contributed by atoms with Crippen LogP contribution in [-0.2, 0) is 4.79 Å². The Labute approximate surface area is 84.7 Å². The number of aliphatic imine (C=N–C) groups is 1. The molecule has 0 N–H and O–H groups in total. The van der Waals surface area contributed by atoms with Crippen LogP contribution < -0.4 is 0 Å². The molecule has 74 valence electrons. The number of allylic oxidation sites excluding steroid dienone is 1. The van der Waals surface area contributed by atoms with E-state index in [0.29, 0.717) is 6.54 Å². The van der Waals surface area contributed by atoms with Gasteiger partial charge in [0.05, 0.1) is 6.54 Å². The maximum atomic E-state index is 9.73. The number of unbranched alkanes of at least 4 members (excludes halogenated alkanes) is 1. The molecule has 0 saturated carbocycles. The first-order valence-electron chi connectivity index (χ1n) is 4.57. The number of hydrogen-bond acceptors (Lipinski definition) is 2. The van der Waals surface area contributed by atoms with Crippen molar-refractivity contribution in [2.45, 2.75) is 32.1 Å². The quantitative estimate of drug-likeness (QED) is 0.195. The number of carbonyl (C=O) groups excluding carboxylic acids is 1. The molecule has 0 aromatic heterocycles. The molecule has 0 amide bonds. The molecule has 0 aliphatic heterocycles. The van der Waals surface area contributed by atoms with Gasteiger partial charge in [0.15, 0.2) is 0 Å². The predicted octanol–water partition coefficient (Wildman–Crippen LogP) is 3.07. The van der Waals surface area contributed by atoms with Crippen molar-refractivity contribution in [2.75, 3.05) is 12.4 Å². The van der Waals surface area contributed by atoms with Crippen LogP contribution in [0.3, 0.4) is 0 Å². The fourth-order valence-corrected chi connectivity index (χ4v) is 1.24.